The van der Waals surface area contributed by atoms with E-state index in [1.165, 1.54) is 7.11 Å². The van der Waals surface area contributed by atoms with Crippen LogP contribution in [0.25, 0.3) is 0 Å². The van der Waals surface area contributed by atoms with Gasteiger partial charge < -0.3 is 15.8 Å². The lowest BCUT2D eigenvalue weighted by Gasteiger charge is -2.26. The first-order valence-corrected chi connectivity index (χ1v) is 6.56. The SMILES string of the molecule is COC(=O)[C@H](CC(C)C)NC(=O)C1(N)CCCC1. The van der Waals surface area contributed by atoms with Crippen LogP contribution in [0.1, 0.15) is 46.0 Å². The van der Waals surface area contributed by atoms with E-state index in [1.54, 1.807) is 0 Å². The summed E-state index contributed by atoms with van der Waals surface area (Å²) in [5.41, 5.74) is 5.26. The van der Waals surface area contributed by atoms with E-state index in [9.17, 15) is 9.59 Å². The molecule has 0 aromatic carbocycles. The fraction of sp³-hybridized carbons (Fsp3) is 0.846. The molecule has 18 heavy (non-hydrogen) atoms. The molecule has 0 aromatic heterocycles. The Bertz CT molecular complexity index is 309. The molecule has 104 valence electrons. The van der Waals surface area contributed by atoms with Gasteiger partial charge in [0, 0.05) is 0 Å². The van der Waals surface area contributed by atoms with Crippen LogP contribution in [0.15, 0.2) is 0 Å². The van der Waals surface area contributed by atoms with Gasteiger partial charge in [0.1, 0.15) is 6.04 Å². The molecule has 3 N–H and O–H groups in total. The highest BCUT2D eigenvalue weighted by atomic mass is 16.5. The standard InChI is InChI=1S/C13H24N2O3/c1-9(2)8-10(11(16)18-3)15-12(17)13(14)6-4-5-7-13/h9-10H,4-8,14H2,1-3H3,(H,15,17)/t10-/m0/s1. The van der Waals surface area contributed by atoms with E-state index in [4.69, 9.17) is 10.5 Å². The molecule has 5 heteroatoms. The second-order valence-corrected chi connectivity index (χ2v) is 5.54. The molecule has 1 atom stereocenters. The number of carbonyl (C=O) groups excluding carboxylic acids is 2. The van der Waals surface area contributed by atoms with Gasteiger partial charge in [0.2, 0.25) is 5.91 Å². The van der Waals surface area contributed by atoms with Crippen LogP contribution in [0, 0.1) is 5.92 Å². The van der Waals surface area contributed by atoms with Gasteiger partial charge >= 0.3 is 5.97 Å². The summed E-state index contributed by atoms with van der Waals surface area (Å²) < 4.78 is 4.72. The maximum Gasteiger partial charge on any atom is 0.328 e. The monoisotopic (exact) mass is 256 g/mol. The number of methoxy groups -OCH3 is 1. The van der Waals surface area contributed by atoms with Gasteiger partial charge in [0.05, 0.1) is 12.6 Å². The van der Waals surface area contributed by atoms with Gasteiger partial charge in [-0.1, -0.05) is 26.7 Å². The third kappa shape index (κ3) is 3.70. The lowest BCUT2D eigenvalue weighted by molar-refractivity contribution is -0.146. The topological polar surface area (TPSA) is 81.4 Å². The number of hydrogen-bond acceptors (Lipinski definition) is 4. The lowest BCUT2D eigenvalue weighted by Crippen LogP contribution is -2.56. The first-order valence-electron chi connectivity index (χ1n) is 6.56. The van der Waals surface area contributed by atoms with Gasteiger partial charge in [-0.25, -0.2) is 4.79 Å². The van der Waals surface area contributed by atoms with Crippen LogP contribution in [0.2, 0.25) is 0 Å². The first kappa shape index (κ1) is 15.0. The van der Waals surface area contributed by atoms with Crippen LogP contribution >= 0.6 is 0 Å². The summed E-state index contributed by atoms with van der Waals surface area (Å²) in [6.45, 7) is 3.99. The first-order chi connectivity index (χ1) is 8.39. The molecule has 0 heterocycles. The molecule has 0 spiro atoms. The van der Waals surface area contributed by atoms with Crippen molar-refractivity contribution in [3.8, 4) is 0 Å². The zero-order chi connectivity index (χ0) is 13.8. The van der Waals surface area contributed by atoms with Crippen molar-refractivity contribution in [2.75, 3.05) is 7.11 Å². The van der Waals surface area contributed by atoms with E-state index in [0.29, 0.717) is 25.2 Å². The molecule has 0 radical (unpaired) electrons. The fourth-order valence-corrected chi connectivity index (χ4v) is 2.36. The number of nitrogens with one attached hydrogen (secondary N) is 1. The minimum absolute atomic E-state index is 0.226. The van der Waals surface area contributed by atoms with Crippen molar-refractivity contribution in [2.24, 2.45) is 11.7 Å². The van der Waals surface area contributed by atoms with Crippen molar-refractivity contribution in [3.63, 3.8) is 0 Å². The van der Waals surface area contributed by atoms with Crippen molar-refractivity contribution in [1.82, 2.24) is 5.32 Å². The summed E-state index contributed by atoms with van der Waals surface area (Å²) in [6.07, 6.45) is 3.88. The van der Waals surface area contributed by atoms with Crippen LogP contribution in [-0.2, 0) is 14.3 Å². The average Bonchev–Trinajstić information content (AvgIpc) is 2.75. The molecule has 1 rings (SSSR count). The maximum atomic E-state index is 12.1. The summed E-state index contributed by atoms with van der Waals surface area (Å²) >= 11 is 0. The van der Waals surface area contributed by atoms with Crippen molar-refractivity contribution >= 4 is 11.9 Å². The highest BCUT2D eigenvalue weighted by Crippen LogP contribution is 2.27. The fourth-order valence-electron chi connectivity index (χ4n) is 2.36. The van der Waals surface area contributed by atoms with Crippen LogP contribution in [-0.4, -0.2) is 30.6 Å². The number of hydrogen-bond donors (Lipinski definition) is 2. The predicted molar refractivity (Wildman–Crippen MR) is 68.8 cm³/mol. The molecule has 5 nitrogen and oxygen atoms in total. The van der Waals surface area contributed by atoms with Gasteiger partial charge in [0.25, 0.3) is 0 Å². The largest absolute Gasteiger partial charge is 0.467 e. The molecular weight excluding hydrogens is 232 g/mol. The highest BCUT2D eigenvalue weighted by molar-refractivity contribution is 5.90. The number of carbonyl (C=O) groups is 2. The van der Waals surface area contributed by atoms with E-state index in [-0.39, 0.29) is 5.91 Å². The van der Waals surface area contributed by atoms with E-state index in [2.05, 4.69) is 5.32 Å². The lowest BCUT2D eigenvalue weighted by atomic mass is 9.96. The smallest absolute Gasteiger partial charge is 0.328 e. The minimum atomic E-state index is -0.802. The molecule has 0 aliphatic heterocycles. The van der Waals surface area contributed by atoms with Gasteiger partial charge in [-0.3, -0.25) is 4.79 Å². The average molecular weight is 256 g/mol. The maximum absolute atomic E-state index is 12.1. The second kappa shape index (κ2) is 6.18. The number of nitrogens with two attached hydrogens (primary N) is 1. The summed E-state index contributed by atoms with van der Waals surface area (Å²) in [7, 11) is 1.33. The van der Waals surface area contributed by atoms with Gasteiger partial charge in [0.15, 0.2) is 0 Å². The number of ether oxygens (including phenoxy) is 1. The molecule has 1 aliphatic carbocycles. The molecule has 1 saturated carbocycles. The Kier molecular flexibility index (Phi) is 5.14. The highest BCUT2D eigenvalue weighted by Gasteiger charge is 2.38. The zero-order valence-corrected chi connectivity index (χ0v) is 11.5. The molecule has 0 bridgehead atoms. The van der Waals surface area contributed by atoms with Crippen LogP contribution in [0.3, 0.4) is 0 Å². The van der Waals surface area contributed by atoms with E-state index in [0.717, 1.165) is 12.8 Å². The Morgan fingerprint density at radius 1 is 1.33 bits per heavy atom. The molecule has 1 fully saturated rings. The summed E-state index contributed by atoms with van der Waals surface area (Å²) in [5, 5.41) is 2.74. The third-order valence-electron chi connectivity index (χ3n) is 3.45. The summed E-state index contributed by atoms with van der Waals surface area (Å²) in [5.74, 6) is -0.332. The summed E-state index contributed by atoms with van der Waals surface area (Å²) in [4.78, 5) is 23.8. The molecule has 1 amide bonds. The van der Waals surface area contributed by atoms with E-state index < -0.39 is 17.6 Å². The quantitative estimate of drug-likeness (QED) is 0.718. The van der Waals surface area contributed by atoms with Gasteiger partial charge in [-0.05, 0) is 25.2 Å². The molecular formula is C13H24N2O3. The molecule has 0 saturated heterocycles. The Labute approximate surface area is 108 Å². The van der Waals surface area contributed by atoms with Crippen LogP contribution < -0.4 is 11.1 Å². The van der Waals surface area contributed by atoms with Crippen LogP contribution in [0.5, 0.6) is 0 Å². The Balaban J connectivity index is 2.64. The Morgan fingerprint density at radius 3 is 2.33 bits per heavy atom. The van der Waals surface area contributed by atoms with Crippen molar-refractivity contribution in [1.29, 1.82) is 0 Å². The van der Waals surface area contributed by atoms with Crippen LogP contribution in [0.4, 0.5) is 0 Å². The number of rotatable bonds is 5. The number of esters is 1. The Hall–Kier alpha value is -1.10. The minimum Gasteiger partial charge on any atom is -0.467 e. The molecule has 1 aliphatic rings. The Morgan fingerprint density at radius 2 is 1.89 bits per heavy atom. The van der Waals surface area contributed by atoms with E-state index >= 15 is 0 Å². The van der Waals surface area contributed by atoms with Crippen molar-refractivity contribution in [2.45, 2.75) is 57.5 Å². The van der Waals surface area contributed by atoms with Gasteiger partial charge in [-0.2, -0.15) is 0 Å². The third-order valence-corrected chi connectivity index (χ3v) is 3.45. The second-order valence-electron chi connectivity index (χ2n) is 5.54. The van der Waals surface area contributed by atoms with E-state index in [1.807, 2.05) is 13.8 Å². The zero-order valence-electron chi connectivity index (χ0n) is 11.5. The van der Waals surface area contributed by atoms with Gasteiger partial charge in [-0.15, -0.1) is 0 Å². The predicted octanol–water partition coefficient (Wildman–Crippen LogP) is 0.962. The van der Waals surface area contributed by atoms with Crippen molar-refractivity contribution in [3.05, 3.63) is 0 Å². The molecule has 0 unspecified atom stereocenters. The molecule has 0 aromatic rings. The number of amides is 1. The normalized spacial score (nSPS) is 19.6. The van der Waals surface area contributed by atoms with Crippen molar-refractivity contribution < 1.29 is 14.3 Å². The summed E-state index contributed by atoms with van der Waals surface area (Å²) in [6, 6.07) is -0.594.